The number of nitrogens with zero attached hydrogens (tertiary/aromatic N) is 4. The number of amides is 1. The molecule has 3 aromatic carbocycles. The number of aromatic nitrogens is 4. The van der Waals surface area contributed by atoms with Crippen LogP contribution in [0.15, 0.2) is 60.7 Å². The number of aryl methyl sites for hydroxylation is 3. The summed E-state index contributed by atoms with van der Waals surface area (Å²) in [7, 11) is 0. The number of unbranched alkanes of at least 4 members (excludes halogenated alkanes) is 2. The highest BCUT2D eigenvalue weighted by Gasteiger charge is 2.15. The molecule has 4 rings (SSSR count). The van der Waals surface area contributed by atoms with Gasteiger partial charge in [-0.3, -0.25) is 9.69 Å². The maximum atomic E-state index is 13.1. The number of carbonyl (C=O) groups is 1. The van der Waals surface area contributed by atoms with Crippen LogP contribution in [0.2, 0.25) is 0 Å². The first-order valence-electron chi connectivity index (χ1n) is 13.0. The van der Waals surface area contributed by atoms with Gasteiger partial charge >= 0.3 is 0 Å². The van der Waals surface area contributed by atoms with Crippen LogP contribution >= 0.6 is 0 Å². The summed E-state index contributed by atoms with van der Waals surface area (Å²) >= 11 is 0. The molecule has 0 aliphatic heterocycles. The first-order valence-corrected chi connectivity index (χ1v) is 13.0. The number of hydrogen-bond donors (Lipinski definition) is 2. The summed E-state index contributed by atoms with van der Waals surface area (Å²) in [5.74, 6) is 0.601. The molecule has 4 aromatic rings. The number of benzene rings is 3. The molecule has 0 aliphatic rings. The Balaban J connectivity index is 1.47. The summed E-state index contributed by atoms with van der Waals surface area (Å²) < 4.78 is 0. The molecule has 0 saturated heterocycles. The van der Waals surface area contributed by atoms with Gasteiger partial charge in [0, 0.05) is 17.8 Å². The van der Waals surface area contributed by atoms with Gasteiger partial charge in [0.05, 0.1) is 6.54 Å². The second kappa shape index (κ2) is 12.4. The lowest BCUT2D eigenvalue weighted by Gasteiger charge is -2.23. The summed E-state index contributed by atoms with van der Waals surface area (Å²) in [5, 5.41) is 17.7. The molecule has 2 N–H and O–H groups in total. The number of hydrogen-bond acceptors (Lipinski definition) is 5. The minimum atomic E-state index is 0.0252. The molecule has 0 radical (unpaired) electrons. The highest BCUT2D eigenvalue weighted by Crippen LogP contribution is 2.30. The van der Waals surface area contributed by atoms with Crippen LogP contribution in [0.4, 0.5) is 5.69 Å². The van der Waals surface area contributed by atoms with E-state index in [2.05, 4.69) is 87.2 Å². The SMILES string of the molecule is CCCCCN(CC(=O)Nc1c(C)cc(C)cc1C)Cc1ccc(-c2ccccc2-c2nn[nH]n2)cc1. The van der Waals surface area contributed by atoms with Crippen molar-refractivity contribution in [2.24, 2.45) is 0 Å². The van der Waals surface area contributed by atoms with Crippen LogP contribution in [0.1, 0.15) is 48.4 Å². The molecular weight excluding hydrogens is 460 g/mol. The second-order valence-corrected chi connectivity index (χ2v) is 9.72. The van der Waals surface area contributed by atoms with Gasteiger partial charge in [-0.15, -0.1) is 10.2 Å². The van der Waals surface area contributed by atoms with Crippen LogP contribution in [0.3, 0.4) is 0 Å². The topological polar surface area (TPSA) is 86.8 Å². The van der Waals surface area contributed by atoms with E-state index in [4.69, 9.17) is 0 Å². The van der Waals surface area contributed by atoms with Gasteiger partial charge < -0.3 is 5.32 Å². The molecule has 0 saturated carbocycles. The van der Waals surface area contributed by atoms with Gasteiger partial charge in [0.2, 0.25) is 11.7 Å². The third kappa shape index (κ3) is 6.89. The molecule has 0 spiro atoms. The van der Waals surface area contributed by atoms with Crippen molar-refractivity contribution in [3.63, 3.8) is 0 Å². The van der Waals surface area contributed by atoms with E-state index in [1.54, 1.807) is 0 Å². The molecule has 0 aliphatic carbocycles. The van der Waals surface area contributed by atoms with Crippen molar-refractivity contribution in [2.75, 3.05) is 18.4 Å². The molecule has 0 bridgehead atoms. The Bertz CT molecular complexity index is 1290. The van der Waals surface area contributed by atoms with E-state index >= 15 is 0 Å². The lowest BCUT2D eigenvalue weighted by atomic mass is 9.98. The molecule has 7 nitrogen and oxygen atoms in total. The van der Waals surface area contributed by atoms with Crippen molar-refractivity contribution in [3.05, 3.63) is 82.9 Å². The average molecular weight is 497 g/mol. The van der Waals surface area contributed by atoms with Crippen molar-refractivity contribution in [1.82, 2.24) is 25.5 Å². The molecule has 37 heavy (non-hydrogen) atoms. The smallest absolute Gasteiger partial charge is 0.238 e. The Hall–Kier alpha value is -3.84. The summed E-state index contributed by atoms with van der Waals surface area (Å²) in [6, 6.07) is 20.8. The standard InChI is InChI=1S/C30H36N6O/c1-5-6-9-16-36(20-28(37)31-29-22(3)17-21(2)18-23(29)4)19-24-12-14-25(15-13-24)26-10-7-8-11-27(26)30-32-34-35-33-30/h7-8,10-15,17-18H,5-6,9,16,19-20H2,1-4H3,(H,31,37)(H,32,33,34,35). The third-order valence-corrected chi connectivity index (χ3v) is 6.57. The maximum Gasteiger partial charge on any atom is 0.238 e. The lowest BCUT2D eigenvalue weighted by Crippen LogP contribution is -2.34. The zero-order chi connectivity index (χ0) is 26.2. The van der Waals surface area contributed by atoms with Gasteiger partial charge in [0.15, 0.2) is 0 Å². The average Bonchev–Trinajstić information content (AvgIpc) is 3.42. The summed E-state index contributed by atoms with van der Waals surface area (Å²) in [5.41, 5.74) is 8.57. The molecule has 1 heterocycles. The van der Waals surface area contributed by atoms with Gasteiger partial charge in [-0.2, -0.15) is 5.21 Å². The van der Waals surface area contributed by atoms with E-state index in [1.807, 2.05) is 32.0 Å². The first-order chi connectivity index (χ1) is 17.9. The van der Waals surface area contributed by atoms with Crippen LogP contribution in [0.25, 0.3) is 22.5 Å². The predicted molar refractivity (Wildman–Crippen MR) is 149 cm³/mol. The number of anilines is 1. The third-order valence-electron chi connectivity index (χ3n) is 6.57. The number of carbonyl (C=O) groups excluding carboxylic acids is 1. The number of aromatic amines is 1. The van der Waals surface area contributed by atoms with Crippen LogP contribution < -0.4 is 5.32 Å². The molecular formula is C30H36N6O. The molecule has 192 valence electrons. The number of rotatable bonds is 11. The Morgan fingerprint density at radius 3 is 2.30 bits per heavy atom. The first kappa shape index (κ1) is 26.2. The molecule has 0 fully saturated rings. The van der Waals surface area contributed by atoms with E-state index in [0.717, 1.165) is 65.9 Å². The fraction of sp³-hybridized carbons (Fsp3) is 0.333. The predicted octanol–water partition coefficient (Wildman–Crippen LogP) is 6.09. The van der Waals surface area contributed by atoms with Gasteiger partial charge in [0.1, 0.15) is 0 Å². The summed E-state index contributed by atoms with van der Waals surface area (Å²) in [6.07, 6.45) is 3.37. The minimum Gasteiger partial charge on any atom is -0.324 e. The Morgan fingerprint density at radius 1 is 0.946 bits per heavy atom. The number of tetrazole rings is 1. The van der Waals surface area contributed by atoms with Crippen LogP contribution in [-0.2, 0) is 11.3 Å². The Morgan fingerprint density at radius 2 is 1.65 bits per heavy atom. The number of nitrogens with one attached hydrogen (secondary N) is 2. The van der Waals surface area contributed by atoms with Crippen molar-refractivity contribution >= 4 is 11.6 Å². The van der Waals surface area contributed by atoms with Gasteiger partial charge in [0.25, 0.3) is 0 Å². The van der Waals surface area contributed by atoms with Crippen molar-refractivity contribution in [2.45, 2.75) is 53.5 Å². The quantitative estimate of drug-likeness (QED) is 0.245. The van der Waals surface area contributed by atoms with Gasteiger partial charge in [-0.25, -0.2) is 0 Å². The highest BCUT2D eigenvalue weighted by molar-refractivity contribution is 5.93. The van der Waals surface area contributed by atoms with E-state index < -0.39 is 0 Å². The fourth-order valence-electron chi connectivity index (χ4n) is 4.81. The zero-order valence-corrected chi connectivity index (χ0v) is 22.2. The minimum absolute atomic E-state index is 0.0252. The van der Waals surface area contributed by atoms with E-state index in [1.165, 1.54) is 11.1 Å². The zero-order valence-electron chi connectivity index (χ0n) is 22.2. The number of H-pyrrole nitrogens is 1. The molecule has 1 amide bonds. The monoisotopic (exact) mass is 496 g/mol. The van der Waals surface area contributed by atoms with Crippen molar-refractivity contribution in [3.8, 4) is 22.5 Å². The highest BCUT2D eigenvalue weighted by atomic mass is 16.2. The van der Waals surface area contributed by atoms with Crippen molar-refractivity contribution in [1.29, 1.82) is 0 Å². The lowest BCUT2D eigenvalue weighted by molar-refractivity contribution is -0.117. The summed E-state index contributed by atoms with van der Waals surface area (Å²) in [4.78, 5) is 15.3. The van der Waals surface area contributed by atoms with Gasteiger partial charge in [-0.1, -0.05) is 86.0 Å². The largest absolute Gasteiger partial charge is 0.324 e. The molecule has 0 atom stereocenters. The second-order valence-electron chi connectivity index (χ2n) is 9.72. The van der Waals surface area contributed by atoms with E-state index in [9.17, 15) is 4.79 Å². The van der Waals surface area contributed by atoms with Gasteiger partial charge in [-0.05, 0) is 66.8 Å². The van der Waals surface area contributed by atoms with Crippen LogP contribution in [-0.4, -0.2) is 44.5 Å². The fourth-order valence-corrected chi connectivity index (χ4v) is 4.81. The molecule has 7 heteroatoms. The van der Waals surface area contributed by atoms with E-state index in [-0.39, 0.29) is 5.91 Å². The van der Waals surface area contributed by atoms with Crippen molar-refractivity contribution < 1.29 is 4.79 Å². The molecule has 0 unspecified atom stereocenters. The Labute approximate surface area is 219 Å². The summed E-state index contributed by atoms with van der Waals surface area (Å²) in [6.45, 7) is 10.3. The normalized spacial score (nSPS) is 11.2. The van der Waals surface area contributed by atoms with Crippen LogP contribution in [0, 0.1) is 20.8 Å². The van der Waals surface area contributed by atoms with E-state index in [0.29, 0.717) is 12.4 Å². The Kier molecular flexibility index (Phi) is 8.80. The maximum absolute atomic E-state index is 13.1. The molecule has 1 aromatic heterocycles. The van der Waals surface area contributed by atoms with Crippen LogP contribution in [0.5, 0.6) is 0 Å².